The maximum atomic E-state index is 13.1. The Balaban J connectivity index is 1.76. The molecule has 4 unspecified atom stereocenters. The van der Waals surface area contributed by atoms with Gasteiger partial charge in [0, 0.05) is 24.7 Å². The number of esters is 3. The molecule has 0 radical (unpaired) electrons. The third-order valence-electron chi connectivity index (χ3n) is 8.09. The molecule has 0 spiro atoms. The van der Waals surface area contributed by atoms with Gasteiger partial charge in [-0.05, 0) is 16.7 Å². The number of rotatable bonds is 16. The van der Waals surface area contributed by atoms with Gasteiger partial charge in [0.25, 0.3) is 0 Å². The van der Waals surface area contributed by atoms with Gasteiger partial charge in [0.05, 0.1) is 26.9 Å². The van der Waals surface area contributed by atoms with Crippen molar-refractivity contribution in [2.24, 2.45) is 11.0 Å². The average molecular weight is 698 g/mol. The average Bonchev–Trinajstić information content (AvgIpc) is 3.11. The molecule has 0 amide bonds. The van der Waals surface area contributed by atoms with Crippen molar-refractivity contribution >= 4 is 17.9 Å². The molecular weight excluding hydrogens is 654 g/mol. The van der Waals surface area contributed by atoms with Crippen molar-refractivity contribution in [2.45, 2.75) is 89.2 Å². The molecule has 2 aromatic rings. The minimum Gasteiger partial charge on any atom is -0.467 e. The summed E-state index contributed by atoms with van der Waals surface area (Å²) in [6.07, 6.45) is -7.96. The molecule has 4 rings (SSSR count). The van der Waals surface area contributed by atoms with Crippen LogP contribution in [0.4, 0.5) is 0 Å². The molecule has 15 nitrogen and oxygen atoms in total. The van der Waals surface area contributed by atoms with E-state index in [1.54, 1.807) is 6.92 Å². The smallest absolute Gasteiger partial charge is 0.335 e. The van der Waals surface area contributed by atoms with Crippen LogP contribution in [0.5, 0.6) is 0 Å². The second-order valence-electron chi connectivity index (χ2n) is 11.7. The number of azide groups is 1. The highest BCUT2D eigenvalue weighted by Crippen LogP contribution is 2.37. The zero-order valence-corrected chi connectivity index (χ0v) is 28.4. The van der Waals surface area contributed by atoms with Crippen LogP contribution in [0.3, 0.4) is 0 Å². The first kappa shape index (κ1) is 38.5. The van der Waals surface area contributed by atoms with Crippen molar-refractivity contribution in [2.75, 3.05) is 20.3 Å². The first-order chi connectivity index (χ1) is 24.2. The van der Waals surface area contributed by atoms with Crippen LogP contribution < -0.4 is 0 Å². The van der Waals surface area contributed by atoms with Crippen LogP contribution >= 0.6 is 0 Å². The number of hydrogen-bond donors (Lipinski definition) is 0. The largest absolute Gasteiger partial charge is 0.467 e. The van der Waals surface area contributed by atoms with E-state index in [0.717, 1.165) is 11.1 Å². The fourth-order valence-electron chi connectivity index (χ4n) is 5.78. The van der Waals surface area contributed by atoms with Crippen LogP contribution in [-0.2, 0) is 70.2 Å². The molecule has 2 heterocycles. The number of methoxy groups -OCH3 is 1. The van der Waals surface area contributed by atoms with E-state index in [-0.39, 0.29) is 26.4 Å². The molecule has 0 aromatic heterocycles. The van der Waals surface area contributed by atoms with E-state index in [4.69, 9.17) is 42.6 Å². The molecule has 0 bridgehead atoms. The summed E-state index contributed by atoms with van der Waals surface area (Å²) in [7, 11) is 1.22. The van der Waals surface area contributed by atoms with Crippen LogP contribution in [-0.4, -0.2) is 93.5 Å². The van der Waals surface area contributed by atoms with Crippen LogP contribution in [0.25, 0.3) is 10.4 Å². The molecule has 0 aliphatic carbocycles. The lowest BCUT2D eigenvalue weighted by molar-refractivity contribution is -0.344. The molecule has 15 heteroatoms. The number of carbonyl (C=O) groups excluding carboxylic acids is 3. The molecule has 0 saturated carbocycles. The van der Waals surface area contributed by atoms with E-state index in [1.807, 2.05) is 60.7 Å². The van der Waals surface area contributed by atoms with Crippen LogP contribution in [0.2, 0.25) is 0 Å². The Morgan fingerprint density at radius 2 is 1.48 bits per heavy atom. The quantitative estimate of drug-likeness (QED) is 0.0610. The van der Waals surface area contributed by atoms with Crippen LogP contribution in [0.1, 0.15) is 31.9 Å². The van der Waals surface area contributed by atoms with Gasteiger partial charge in [0.2, 0.25) is 0 Å². The summed E-state index contributed by atoms with van der Waals surface area (Å²) in [5.41, 5.74) is 11.2. The van der Waals surface area contributed by atoms with Crippen LogP contribution in [0.15, 0.2) is 78.4 Å². The van der Waals surface area contributed by atoms with Gasteiger partial charge in [0.15, 0.2) is 24.8 Å². The number of benzene rings is 2. The number of carbonyl (C=O) groups is 3. The second kappa shape index (κ2) is 19.2. The minimum absolute atomic E-state index is 0.0265. The third kappa shape index (κ3) is 10.3. The molecule has 2 aromatic carbocycles. The minimum atomic E-state index is -1.48. The first-order valence-electron chi connectivity index (χ1n) is 16.1. The van der Waals surface area contributed by atoms with Crippen molar-refractivity contribution in [1.82, 2.24) is 0 Å². The highest BCUT2D eigenvalue weighted by molar-refractivity contribution is 5.75. The molecule has 2 aliphatic rings. The van der Waals surface area contributed by atoms with E-state index in [1.165, 1.54) is 27.0 Å². The molecule has 0 N–H and O–H groups in total. The Hall–Kier alpha value is -4.34. The monoisotopic (exact) mass is 697 g/mol. The summed E-state index contributed by atoms with van der Waals surface area (Å²) >= 11 is 0. The molecule has 2 fully saturated rings. The van der Waals surface area contributed by atoms with Gasteiger partial charge in [-0.15, -0.1) is 6.58 Å². The van der Waals surface area contributed by atoms with Crippen molar-refractivity contribution < 1.29 is 57.0 Å². The maximum Gasteiger partial charge on any atom is 0.335 e. The van der Waals surface area contributed by atoms with Crippen molar-refractivity contribution in [3.05, 3.63) is 94.9 Å². The van der Waals surface area contributed by atoms with Gasteiger partial charge >= 0.3 is 17.9 Å². The predicted octanol–water partition coefficient (Wildman–Crippen LogP) is 4.18. The van der Waals surface area contributed by atoms with E-state index >= 15 is 0 Å². The van der Waals surface area contributed by atoms with Gasteiger partial charge in [-0.25, -0.2) is 4.79 Å². The normalized spacial score (nSPS) is 29.2. The standard InChI is InChI=1S/C35H43N3O12/c1-6-17-43-34-27(37-38-36)31(46-19-25-15-11-8-12-16-25)30(26(48-34)20-44-22(3)39)50-35-32(47-23(4)40)28(21(2)29(49-35)33(41)42-5)45-18-24-13-9-7-10-14-24/h6-16,21,26-32,34-35H,1,17-20H2,2-5H3/t21-,26?,27-,28-,29?,30+,31?,32?,34-,35-/m0/s1. The van der Waals surface area contributed by atoms with Crippen LogP contribution in [0, 0.1) is 5.92 Å². The highest BCUT2D eigenvalue weighted by atomic mass is 16.8. The Labute approximate surface area is 290 Å². The Morgan fingerprint density at radius 3 is 2.02 bits per heavy atom. The fraction of sp³-hybridized carbons (Fsp3) is 0.514. The molecule has 2 aliphatic heterocycles. The van der Waals surface area contributed by atoms with Crippen molar-refractivity contribution in [1.29, 1.82) is 0 Å². The van der Waals surface area contributed by atoms with E-state index in [9.17, 15) is 19.9 Å². The van der Waals surface area contributed by atoms with Gasteiger partial charge in [-0.1, -0.05) is 78.8 Å². The third-order valence-corrected chi connectivity index (χ3v) is 8.09. The SMILES string of the molecule is C=CCO[C@H]1OC(COC(C)=O)[C@@H](O[C@@H]2OC(C(=O)OC)[C@@H](C)[C@H](OCc3ccccc3)C2OC(C)=O)C(OCc2ccccc2)[C@@H]1N=[N+]=[N-]. The Bertz CT molecular complexity index is 1460. The summed E-state index contributed by atoms with van der Waals surface area (Å²) in [5.74, 6) is -2.65. The lowest BCUT2D eigenvalue weighted by Crippen LogP contribution is -2.65. The molecule has 10 atom stereocenters. The topological polar surface area (TPSA) is 183 Å². The summed E-state index contributed by atoms with van der Waals surface area (Å²) in [5, 5.41) is 3.96. The zero-order valence-electron chi connectivity index (χ0n) is 28.4. The van der Waals surface area contributed by atoms with E-state index in [2.05, 4.69) is 16.6 Å². The number of ether oxygens (including phenoxy) is 9. The van der Waals surface area contributed by atoms with Crippen molar-refractivity contribution in [3.8, 4) is 0 Å². The van der Waals surface area contributed by atoms with Gasteiger partial charge in [-0.2, -0.15) is 0 Å². The van der Waals surface area contributed by atoms with Gasteiger partial charge in [-0.3, -0.25) is 9.59 Å². The molecule has 2 saturated heterocycles. The first-order valence-corrected chi connectivity index (χ1v) is 16.1. The Kier molecular flexibility index (Phi) is 14.7. The summed E-state index contributed by atoms with van der Waals surface area (Å²) in [6.45, 7) is 7.68. The molecule has 270 valence electrons. The van der Waals surface area contributed by atoms with Crippen molar-refractivity contribution in [3.63, 3.8) is 0 Å². The van der Waals surface area contributed by atoms with Gasteiger partial charge in [0.1, 0.15) is 37.1 Å². The summed E-state index contributed by atoms with van der Waals surface area (Å²) in [4.78, 5) is 40.6. The molecular formula is C35H43N3O12. The number of nitrogens with zero attached hydrogens (tertiary/aromatic N) is 3. The lowest BCUT2D eigenvalue weighted by atomic mass is 9.89. The van der Waals surface area contributed by atoms with Gasteiger partial charge < -0.3 is 42.6 Å². The summed E-state index contributed by atoms with van der Waals surface area (Å²) < 4.78 is 53.7. The lowest BCUT2D eigenvalue weighted by Gasteiger charge is -2.48. The summed E-state index contributed by atoms with van der Waals surface area (Å²) in [6, 6.07) is 17.4. The number of hydrogen-bond acceptors (Lipinski definition) is 13. The fourth-order valence-corrected chi connectivity index (χ4v) is 5.78. The second-order valence-corrected chi connectivity index (χ2v) is 11.7. The van der Waals surface area contributed by atoms with E-state index < -0.39 is 79.1 Å². The van der Waals surface area contributed by atoms with E-state index in [0.29, 0.717) is 0 Å². The zero-order chi connectivity index (χ0) is 36.0. The predicted molar refractivity (Wildman–Crippen MR) is 175 cm³/mol. The maximum absolute atomic E-state index is 13.1. The molecule has 50 heavy (non-hydrogen) atoms. The highest BCUT2D eigenvalue weighted by Gasteiger charge is 2.55. The Morgan fingerprint density at radius 1 is 0.860 bits per heavy atom.